The maximum atomic E-state index is 9.86. The minimum Gasteiger partial charge on any atom is -0.504 e. The number of benzene rings is 2. The molecular weight excluding hydrogens is 352 g/mol. The number of nitrogens with zero attached hydrogens (tertiary/aromatic N) is 3. The Bertz CT molecular complexity index is 771. The molecule has 2 aromatic carbocycles. The molecule has 0 bridgehead atoms. The SMILES string of the molecule is CCNC(=NCc1ccc(O)c(OCC)c1)N1CCN(c2ccccc2)CC1. The van der Waals surface area contributed by atoms with E-state index in [1.807, 2.05) is 19.1 Å². The van der Waals surface area contributed by atoms with Crippen LogP contribution in [-0.2, 0) is 6.54 Å². The van der Waals surface area contributed by atoms with Crippen LogP contribution in [0.4, 0.5) is 5.69 Å². The van der Waals surface area contributed by atoms with Gasteiger partial charge in [-0.25, -0.2) is 4.99 Å². The van der Waals surface area contributed by atoms with Gasteiger partial charge in [0.05, 0.1) is 13.2 Å². The van der Waals surface area contributed by atoms with Gasteiger partial charge in [-0.1, -0.05) is 24.3 Å². The average Bonchev–Trinajstić information content (AvgIpc) is 2.74. The summed E-state index contributed by atoms with van der Waals surface area (Å²) in [5.74, 6) is 1.61. The smallest absolute Gasteiger partial charge is 0.194 e. The van der Waals surface area contributed by atoms with Crippen molar-refractivity contribution in [3.8, 4) is 11.5 Å². The molecule has 3 rings (SSSR count). The van der Waals surface area contributed by atoms with E-state index in [0.29, 0.717) is 18.9 Å². The summed E-state index contributed by atoms with van der Waals surface area (Å²) >= 11 is 0. The highest BCUT2D eigenvalue weighted by molar-refractivity contribution is 5.80. The Labute approximate surface area is 167 Å². The van der Waals surface area contributed by atoms with Gasteiger partial charge >= 0.3 is 0 Å². The lowest BCUT2D eigenvalue weighted by Crippen LogP contribution is -2.52. The van der Waals surface area contributed by atoms with Crippen molar-refractivity contribution in [2.45, 2.75) is 20.4 Å². The van der Waals surface area contributed by atoms with Crippen LogP contribution < -0.4 is 15.0 Å². The van der Waals surface area contributed by atoms with E-state index in [1.165, 1.54) is 5.69 Å². The Morgan fingerprint density at radius 1 is 1.07 bits per heavy atom. The van der Waals surface area contributed by atoms with Crippen LogP contribution in [0.25, 0.3) is 0 Å². The van der Waals surface area contributed by atoms with Gasteiger partial charge in [0.2, 0.25) is 0 Å². The third kappa shape index (κ3) is 5.09. The molecule has 28 heavy (non-hydrogen) atoms. The molecule has 2 N–H and O–H groups in total. The number of piperazine rings is 1. The molecule has 0 radical (unpaired) electrons. The van der Waals surface area contributed by atoms with Crippen LogP contribution in [-0.4, -0.2) is 55.3 Å². The van der Waals surface area contributed by atoms with E-state index in [0.717, 1.165) is 44.2 Å². The largest absolute Gasteiger partial charge is 0.504 e. The maximum Gasteiger partial charge on any atom is 0.194 e. The van der Waals surface area contributed by atoms with Crippen molar-refractivity contribution < 1.29 is 9.84 Å². The van der Waals surface area contributed by atoms with E-state index in [1.54, 1.807) is 6.07 Å². The summed E-state index contributed by atoms with van der Waals surface area (Å²) in [5.41, 5.74) is 2.29. The third-order valence-corrected chi connectivity index (χ3v) is 4.77. The van der Waals surface area contributed by atoms with Crippen molar-refractivity contribution in [1.29, 1.82) is 0 Å². The van der Waals surface area contributed by atoms with Crippen molar-refractivity contribution in [2.75, 3.05) is 44.2 Å². The number of aromatic hydroxyl groups is 1. The molecular formula is C22H30N4O2. The van der Waals surface area contributed by atoms with Crippen molar-refractivity contribution in [1.82, 2.24) is 10.2 Å². The van der Waals surface area contributed by atoms with E-state index in [4.69, 9.17) is 9.73 Å². The molecule has 2 aromatic rings. The van der Waals surface area contributed by atoms with E-state index in [9.17, 15) is 5.11 Å². The highest BCUT2D eigenvalue weighted by atomic mass is 16.5. The van der Waals surface area contributed by atoms with Crippen molar-refractivity contribution in [3.05, 3.63) is 54.1 Å². The summed E-state index contributed by atoms with van der Waals surface area (Å²) in [7, 11) is 0. The first-order valence-corrected chi connectivity index (χ1v) is 9.99. The molecule has 0 amide bonds. The molecule has 6 heteroatoms. The predicted octanol–water partition coefficient (Wildman–Crippen LogP) is 3.08. The second-order valence-electron chi connectivity index (χ2n) is 6.71. The molecule has 1 saturated heterocycles. The molecule has 0 unspecified atom stereocenters. The first kappa shape index (κ1) is 19.9. The van der Waals surface area contributed by atoms with E-state index in [-0.39, 0.29) is 5.75 Å². The Balaban J connectivity index is 1.64. The molecule has 0 atom stereocenters. The number of phenols is 1. The van der Waals surface area contributed by atoms with Crippen LogP contribution in [0.5, 0.6) is 11.5 Å². The lowest BCUT2D eigenvalue weighted by Gasteiger charge is -2.37. The Hall–Kier alpha value is -2.89. The number of para-hydroxylation sites is 1. The summed E-state index contributed by atoms with van der Waals surface area (Å²) in [6.07, 6.45) is 0. The second kappa shape index (κ2) is 9.88. The number of aliphatic imine (C=N–C) groups is 1. The number of guanidine groups is 1. The van der Waals surface area contributed by atoms with Crippen LogP contribution in [0, 0.1) is 0 Å². The highest BCUT2D eigenvalue weighted by Gasteiger charge is 2.19. The molecule has 1 aliphatic heterocycles. The number of hydrogen-bond donors (Lipinski definition) is 2. The summed E-state index contributed by atoms with van der Waals surface area (Å²) in [5, 5.41) is 13.3. The van der Waals surface area contributed by atoms with Crippen LogP contribution in [0.15, 0.2) is 53.5 Å². The first-order chi connectivity index (χ1) is 13.7. The standard InChI is InChI=1S/C22H30N4O2/c1-3-23-22(24-17-18-10-11-20(27)21(16-18)28-4-2)26-14-12-25(13-15-26)19-8-6-5-7-9-19/h5-11,16,27H,3-4,12-15,17H2,1-2H3,(H,23,24). The Morgan fingerprint density at radius 3 is 2.50 bits per heavy atom. The van der Waals surface area contributed by atoms with Crippen LogP contribution in [0.1, 0.15) is 19.4 Å². The monoisotopic (exact) mass is 382 g/mol. The third-order valence-electron chi connectivity index (χ3n) is 4.77. The van der Waals surface area contributed by atoms with Crippen LogP contribution >= 0.6 is 0 Å². The lowest BCUT2D eigenvalue weighted by atomic mass is 10.2. The number of phenolic OH excluding ortho intramolecular Hbond substituents is 1. The number of hydrogen-bond acceptors (Lipinski definition) is 4. The first-order valence-electron chi connectivity index (χ1n) is 9.99. The van der Waals surface area contributed by atoms with E-state index >= 15 is 0 Å². The maximum absolute atomic E-state index is 9.86. The van der Waals surface area contributed by atoms with Crippen molar-refractivity contribution in [3.63, 3.8) is 0 Å². The summed E-state index contributed by atoms with van der Waals surface area (Å²) in [6.45, 7) is 9.70. The van der Waals surface area contributed by atoms with E-state index in [2.05, 4.69) is 52.4 Å². The van der Waals surface area contributed by atoms with Crippen molar-refractivity contribution in [2.24, 2.45) is 4.99 Å². The Kier molecular flexibility index (Phi) is 7.00. The molecule has 1 fully saturated rings. The minimum absolute atomic E-state index is 0.165. The fourth-order valence-electron chi connectivity index (χ4n) is 3.34. The zero-order chi connectivity index (χ0) is 19.8. The van der Waals surface area contributed by atoms with Gasteiger partial charge in [0, 0.05) is 38.4 Å². The second-order valence-corrected chi connectivity index (χ2v) is 6.71. The molecule has 1 aliphatic rings. The summed E-state index contributed by atoms with van der Waals surface area (Å²) < 4.78 is 5.47. The molecule has 0 saturated carbocycles. The van der Waals surface area contributed by atoms with Gasteiger partial charge in [0.15, 0.2) is 17.5 Å². The fourth-order valence-corrected chi connectivity index (χ4v) is 3.34. The number of anilines is 1. The van der Waals surface area contributed by atoms with E-state index < -0.39 is 0 Å². The molecule has 0 spiro atoms. The van der Waals surface area contributed by atoms with Gasteiger partial charge in [-0.3, -0.25) is 0 Å². The molecule has 0 aliphatic carbocycles. The number of rotatable bonds is 6. The van der Waals surface area contributed by atoms with Gasteiger partial charge in [0.25, 0.3) is 0 Å². The number of nitrogens with one attached hydrogen (secondary N) is 1. The molecule has 150 valence electrons. The van der Waals surface area contributed by atoms with Gasteiger partial charge in [-0.2, -0.15) is 0 Å². The average molecular weight is 383 g/mol. The van der Waals surface area contributed by atoms with Crippen LogP contribution in [0.2, 0.25) is 0 Å². The molecule has 1 heterocycles. The molecule has 0 aromatic heterocycles. The van der Waals surface area contributed by atoms with Gasteiger partial charge < -0.3 is 25.0 Å². The predicted molar refractivity (Wildman–Crippen MR) is 114 cm³/mol. The summed E-state index contributed by atoms with van der Waals surface area (Å²) in [4.78, 5) is 9.54. The van der Waals surface area contributed by atoms with Crippen LogP contribution in [0.3, 0.4) is 0 Å². The van der Waals surface area contributed by atoms with Gasteiger partial charge in [-0.05, 0) is 43.7 Å². The topological polar surface area (TPSA) is 60.3 Å². The minimum atomic E-state index is 0.165. The lowest BCUT2D eigenvalue weighted by molar-refractivity contribution is 0.317. The van der Waals surface area contributed by atoms with Gasteiger partial charge in [-0.15, -0.1) is 0 Å². The molecule has 6 nitrogen and oxygen atoms in total. The van der Waals surface area contributed by atoms with Crippen molar-refractivity contribution >= 4 is 11.6 Å². The normalized spacial score (nSPS) is 14.9. The van der Waals surface area contributed by atoms with Gasteiger partial charge in [0.1, 0.15) is 0 Å². The Morgan fingerprint density at radius 2 is 1.82 bits per heavy atom. The number of ether oxygens (including phenoxy) is 1. The summed E-state index contributed by atoms with van der Waals surface area (Å²) in [6, 6.07) is 16.0. The highest BCUT2D eigenvalue weighted by Crippen LogP contribution is 2.27. The quantitative estimate of drug-likeness (QED) is 0.594. The fraction of sp³-hybridized carbons (Fsp3) is 0.409. The zero-order valence-corrected chi connectivity index (χ0v) is 16.8. The zero-order valence-electron chi connectivity index (χ0n) is 16.8.